The first kappa shape index (κ1) is 23.3. The lowest BCUT2D eigenvalue weighted by Crippen LogP contribution is -2.45. The minimum atomic E-state index is -3.84. The van der Waals surface area contributed by atoms with Gasteiger partial charge in [-0.3, -0.25) is 18.7 Å². The summed E-state index contributed by atoms with van der Waals surface area (Å²) in [6.07, 6.45) is 3.73. The Labute approximate surface area is 187 Å². The number of benzene rings is 2. The Morgan fingerprint density at radius 2 is 1.66 bits per heavy atom. The number of hydrogen-bond acceptors (Lipinski definition) is 5. The van der Waals surface area contributed by atoms with Crippen molar-refractivity contribution in [2.45, 2.75) is 36.6 Å². The Morgan fingerprint density at radius 1 is 0.969 bits per heavy atom. The third-order valence-corrected chi connectivity index (χ3v) is 6.98. The zero-order chi connectivity index (χ0) is 23.1. The minimum Gasteiger partial charge on any atom is -0.345 e. The van der Waals surface area contributed by atoms with Gasteiger partial charge in [-0.05, 0) is 43.2 Å². The van der Waals surface area contributed by atoms with Crippen molar-refractivity contribution in [1.82, 2.24) is 10.6 Å². The summed E-state index contributed by atoms with van der Waals surface area (Å²) >= 11 is 0. The Hall–Kier alpha value is -3.40. The van der Waals surface area contributed by atoms with Crippen LogP contribution in [-0.2, 0) is 24.4 Å². The Bertz CT molecular complexity index is 1080. The summed E-state index contributed by atoms with van der Waals surface area (Å²) in [5, 5.41) is 7.45. The zero-order valence-corrected chi connectivity index (χ0v) is 18.5. The van der Waals surface area contributed by atoms with Crippen LogP contribution >= 0.6 is 0 Å². The summed E-state index contributed by atoms with van der Waals surface area (Å²) in [5.74, 6) is -2.23. The fourth-order valence-electron chi connectivity index (χ4n) is 3.44. The van der Waals surface area contributed by atoms with Crippen LogP contribution in [0.15, 0.2) is 59.5 Å². The van der Waals surface area contributed by atoms with Crippen molar-refractivity contribution in [3.05, 3.63) is 54.6 Å². The number of nitrogens with zero attached hydrogens (tertiary/aromatic N) is 1. The van der Waals surface area contributed by atoms with Crippen molar-refractivity contribution in [3.63, 3.8) is 0 Å². The number of carbonyl (C=O) groups excluding carboxylic acids is 3. The van der Waals surface area contributed by atoms with Crippen LogP contribution in [0.2, 0.25) is 0 Å². The molecule has 0 unspecified atom stereocenters. The molecule has 9 nitrogen and oxygen atoms in total. The number of anilines is 2. The molecule has 170 valence electrons. The molecule has 0 bridgehead atoms. The third-order valence-electron chi connectivity index (χ3n) is 5.20. The summed E-state index contributed by atoms with van der Waals surface area (Å²) in [5.41, 5.74) is 0.753. The molecule has 1 fully saturated rings. The molecule has 0 saturated heterocycles. The number of sulfonamides is 1. The van der Waals surface area contributed by atoms with Gasteiger partial charge in [0.15, 0.2) is 0 Å². The second-order valence-corrected chi connectivity index (χ2v) is 9.49. The fourth-order valence-corrected chi connectivity index (χ4v) is 4.68. The smallest absolute Gasteiger partial charge is 0.309 e. The van der Waals surface area contributed by atoms with Gasteiger partial charge in [0.2, 0.25) is 5.91 Å². The summed E-state index contributed by atoms with van der Waals surface area (Å²) in [7, 11) is -2.39. The van der Waals surface area contributed by atoms with Crippen molar-refractivity contribution in [3.8, 4) is 0 Å². The third kappa shape index (κ3) is 5.85. The maximum absolute atomic E-state index is 12.9. The van der Waals surface area contributed by atoms with Crippen LogP contribution < -0.4 is 20.3 Å². The van der Waals surface area contributed by atoms with Gasteiger partial charge in [-0.15, -0.1) is 0 Å². The van der Waals surface area contributed by atoms with E-state index in [1.54, 1.807) is 30.3 Å². The monoisotopic (exact) mass is 458 g/mol. The lowest BCUT2D eigenvalue weighted by molar-refractivity contribution is -0.140. The summed E-state index contributed by atoms with van der Waals surface area (Å²) in [6, 6.07) is 14.4. The molecule has 0 spiro atoms. The largest absolute Gasteiger partial charge is 0.345 e. The summed E-state index contributed by atoms with van der Waals surface area (Å²) < 4.78 is 27.0. The molecule has 3 N–H and O–H groups in total. The molecule has 2 aromatic rings. The number of carbonyl (C=O) groups is 3. The zero-order valence-electron chi connectivity index (χ0n) is 17.7. The fraction of sp³-hybridized carbons (Fsp3) is 0.318. The first-order valence-corrected chi connectivity index (χ1v) is 11.7. The topological polar surface area (TPSA) is 125 Å². The van der Waals surface area contributed by atoms with E-state index in [-0.39, 0.29) is 16.6 Å². The van der Waals surface area contributed by atoms with E-state index >= 15 is 0 Å². The molecule has 1 aliphatic rings. The normalized spacial score (nSPS) is 13.9. The molecule has 0 heterocycles. The number of amides is 3. The average Bonchev–Trinajstić information content (AvgIpc) is 3.30. The SMILES string of the molecule is CN(c1ccccc1)S(=O)(=O)c1cccc(NC(=O)CNC(=O)C(=O)NC2CCCC2)c1. The van der Waals surface area contributed by atoms with Crippen molar-refractivity contribution in [1.29, 1.82) is 0 Å². The highest BCUT2D eigenvalue weighted by atomic mass is 32.2. The van der Waals surface area contributed by atoms with Crippen molar-refractivity contribution >= 4 is 39.1 Å². The molecule has 0 aromatic heterocycles. The van der Waals surface area contributed by atoms with Crippen molar-refractivity contribution in [2.24, 2.45) is 0 Å². The predicted octanol–water partition coefficient (Wildman–Crippen LogP) is 1.63. The second-order valence-electron chi connectivity index (χ2n) is 7.52. The second kappa shape index (κ2) is 10.3. The molecule has 3 rings (SSSR count). The van der Waals surface area contributed by atoms with Crippen LogP contribution in [-0.4, -0.2) is 45.8 Å². The van der Waals surface area contributed by atoms with Crippen molar-refractivity contribution in [2.75, 3.05) is 23.2 Å². The van der Waals surface area contributed by atoms with Gasteiger partial charge in [0.05, 0.1) is 17.1 Å². The van der Waals surface area contributed by atoms with E-state index in [1.807, 2.05) is 0 Å². The number of hydrogen-bond donors (Lipinski definition) is 3. The van der Waals surface area contributed by atoms with E-state index in [4.69, 9.17) is 0 Å². The minimum absolute atomic E-state index is 0.000725. The molecule has 0 atom stereocenters. The van der Waals surface area contributed by atoms with Gasteiger partial charge < -0.3 is 16.0 Å². The van der Waals surface area contributed by atoms with Gasteiger partial charge in [0.1, 0.15) is 0 Å². The van der Waals surface area contributed by atoms with Crippen LogP contribution in [0.3, 0.4) is 0 Å². The molecule has 0 radical (unpaired) electrons. The molecule has 2 aromatic carbocycles. The number of rotatable bonds is 7. The van der Waals surface area contributed by atoms with Crippen LogP contribution in [0, 0.1) is 0 Å². The van der Waals surface area contributed by atoms with Crippen LogP contribution in [0.4, 0.5) is 11.4 Å². The highest BCUT2D eigenvalue weighted by molar-refractivity contribution is 7.92. The van der Waals surface area contributed by atoms with Gasteiger partial charge in [-0.2, -0.15) is 0 Å². The summed E-state index contributed by atoms with van der Waals surface area (Å²) in [4.78, 5) is 36.0. The van der Waals surface area contributed by atoms with Gasteiger partial charge in [-0.25, -0.2) is 8.42 Å². The molecule has 1 aliphatic carbocycles. The maximum Gasteiger partial charge on any atom is 0.309 e. The van der Waals surface area contributed by atoms with E-state index < -0.39 is 34.3 Å². The molecule has 32 heavy (non-hydrogen) atoms. The lowest BCUT2D eigenvalue weighted by atomic mass is 10.2. The van der Waals surface area contributed by atoms with Crippen LogP contribution in [0.25, 0.3) is 0 Å². The average molecular weight is 459 g/mol. The quantitative estimate of drug-likeness (QED) is 0.544. The van der Waals surface area contributed by atoms with E-state index in [2.05, 4.69) is 16.0 Å². The van der Waals surface area contributed by atoms with Gasteiger partial charge in [0, 0.05) is 18.8 Å². The van der Waals surface area contributed by atoms with E-state index in [0.717, 1.165) is 30.0 Å². The van der Waals surface area contributed by atoms with E-state index in [1.165, 1.54) is 31.3 Å². The van der Waals surface area contributed by atoms with Gasteiger partial charge >= 0.3 is 11.8 Å². The van der Waals surface area contributed by atoms with Crippen LogP contribution in [0.5, 0.6) is 0 Å². The molecule has 3 amide bonds. The van der Waals surface area contributed by atoms with Crippen LogP contribution in [0.1, 0.15) is 25.7 Å². The lowest BCUT2D eigenvalue weighted by Gasteiger charge is -2.20. The van der Waals surface area contributed by atoms with E-state index in [0.29, 0.717) is 5.69 Å². The number of nitrogens with one attached hydrogen (secondary N) is 3. The maximum atomic E-state index is 12.9. The molecular formula is C22H26N4O5S. The highest BCUT2D eigenvalue weighted by Crippen LogP contribution is 2.23. The Kier molecular flexibility index (Phi) is 7.47. The van der Waals surface area contributed by atoms with Crippen molar-refractivity contribution < 1.29 is 22.8 Å². The standard InChI is InChI=1S/C22H26N4O5S/c1-26(18-11-3-2-4-12-18)32(30,31)19-13-7-10-17(14-19)24-20(27)15-23-21(28)22(29)25-16-8-5-6-9-16/h2-4,7,10-14,16H,5-6,8-9,15H2,1H3,(H,23,28)(H,24,27)(H,25,29). The van der Waals surface area contributed by atoms with E-state index in [9.17, 15) is 22.8 Å². The van der Waals surface area contributed by atoms with Gasteiger partial charge in [-0.1, -0.05) is 37.1 Å². The molecular weight excluding hydrogens is 432 g/mol. The number of para-hydroxylation sites is 1. The Balaban J connectivity index is 1.57. The first-order valence-electron chi connectivity index (χ1n) is 10.3. The first-order chi connectivity index (χ1) is 15.3. The molecule has 10 heteroatoms. The Morgan fingerprint density at radius 3 is 2.34 bits per heavy atom. The molecule has 1 saturated carbocycles. The van der Waals surface area contributed by atoms with Gasteiger partial charge in [0.25, 0.3) is 10.0 Å². The highest BCUT2D eigenvalue weighted by Gasteiger charge is 2.23. The molecule has 0 aliphatic heterocycles. The predicted molar refractivity (Wildman–Crippen MR) is 121 cm³/mol. The summed E-state index contributed by atoms with van der Waals surface area (Å²) in [6.45, 7) is -0.419.